The lowest BCUT2D eigenvalue weighted by Gasteiger charge is -1.87. The molecular formula is C4H6N2O4. The Morgan fingerprint density at radius 3 is 1.50 bits per heavy atom. The van der Waals surface area contributed by atoms with Crippen LogP contribution in [0.3, 0.4) is 0 Å². The van der Waals surface area contributed by atoms with Gasteiger partial charge in [-0.25, -0.2) is 9.59 Å². The Labute approximate surface area is 56.3 Å². The van der Waals surface area contributed by atoms with E-state index < -0.39 is 11.9 Å². The van der Waals surface area contributed by atoms with Gasteiger partial charge in [0.2, 0.25) is 0 Å². The third-order valence-electron chi connectivity index (χ3n) is 0.588. The van der Waals surface area contributed by atoms with Crippen LogP contribution in [0.2, 0.25) is 0 Å². The molecule has 0 aliphatic carbocycles. The zero-order valence-corrected chi connectivity index (χ0v) is 4.94. The summed E-state index contributed by atoms with van der Waals surface area (Å²) in [6.45, 7) is 0. The first kappa shape index (κ1) is 8.60. The van der Waals surface area contributed by atoms with Gasteiger partial charge in [0.1, 0.15) is 0 Å². The minimum absolute atomic E-state index is 0.787. The van der Waals surface area contributed by atoms with E-state index in [2.05, 4.69) is 21.5 Å². The molecule has 0 saturated carbocycles. The van der Waals surface area contributed by atoms with Crippen LogP contribution >= 0.6 is 0 Å². The van der Waals surface area contributed by atoms with E-state index in [-0.39, 0.29) is 0 Å². The molecule has 4 N–H and O–H groups in total. The number of carbonyl (C=O) groups excluding carboxylic acids is 2. The first-order valence-corrected chi connectivity index (χ1v) is 2.20. The molecule has 0 saturated heterocycles. The predicted octanol–water partition coefficient (Wildman–Crippen LogP) is -1.62. The van der Waals surface area contributed by atoms with Gasteiger partial charge in [0.15, 0.2) is 0 Å². The summed E-state index contributed by atoms with van der Waals surface area (Å²) < 4.78 is 0. The second-order valence-electron chi connectivity index (χ2n) is 1.21. The average molecular weight is 146 g/mol. The Morgan fingerprint density at radius 1 is 1.00 bits per heavy atom. The Kier molecular flexibility index (Phi) is 3.85. The molecule has 6 nitrogen and oxygen atoms in total. The molecule has 0 spiro atoms. The van der Waals surface area contributed by atoms with Crippen molar-refractivity contribution >= 4 is 11.9 Å². The Balaban J connectivity index is 3.75. The van der Waals surface area contributed by atoms with Crippen molar-refractivity contribution in [3.8, 4) is 0 Å². The Hall–Kier alpha value is -1.40. The zero-order chi connectivity index (χ0) is 7.98. The lowest BCUT2D eigenvalue weighted by atomic mass is 10.5. The summed E-state index contributed by atoms with van der Waals surface area (Å²) in [6, 6.07) is 0. The Morgan fingerprint density at radius 2 is 1.30 bits per heavy atom. The van der Waals surface area contributed by atoms with Gasteiger partial charge in [-0.1, -0.05) is 0 Å². The molecule has 0 unspecified atom stereocenters. The van der Waals surface area contributed by atoms with Gasteiger partial charge in [-0.15, -0.1) is 0 Å². The second-order valence-corrected chi connectivity index (χ2v) is 1.21. The molecule has 0 aromatic rings. The topological polar surface area (TPSA) is 105 Å². The number of rotatable bonds is 2. The monoisotopic (exact) mass is 146 g/mol. The highest BCUT2D eigenvalue weighted by Crippen LogP contribution is 1.77. The molecule has 0 amide bonds. The first-order chi connectivity index (χ1) is 4.70. The highest BCUT2D eigenvalue weighted by atomic mass is 16.7. The molecule has 0 aromatic carbocycles. The van der Waals surface area contributed by atoms with E-state index in [4.69, 9.17) is 0 Å². The maximum Gasteiger partial charge on any atom is 0.349 e. The minimum Gasteiger partial charge on any atom is -0.370 e. The van der Waals surface area contributed by atoms with E-state index in [9.17, 15) is 9.59 Å². The molecule has 0 rings (SSSR count). The summed E-state index contributed by atoms with van der Waals surface area (Å²) in [6.07, 6.45) is 1.57. The van der Waals surface area contributed by atoms with Crippen LogP contribution < -0.4 is 11.8 Å². The van der Waals surface area contributed by atoms with Gasteiger partial charge in [-0.05, 0) is 0 Å². The Bertz CT molecular complexity index is 147. The fraction of sp³-hybridized carbons (Fsp3) is 0. The predicted molar refractivity (Wildman–Crippen MR) is 29.7 cm³/mol. The normalized spacial score (nSPS) is 9.40. The van der Waals surface area contributed by atoms with Crippen molar-refractivity contribution < 1.29 is 19.3 Å². The van der Waals surface area contributed by atoms with Crippen LogP contribution in [-0.4, -0.2) is 11.9 Å². The van der Waals surface area contributed by atoms with Crippen molar-refractivity contribution in [2.45, 2.75) is 0 Å². The van der Waals surface area contributed by atoms with Gasteiger partial charge in [0, 0.05) is 12.2 Å². The quantitative estimate of drug-likeness (QED) is 0.358. The summed E-state index contributed by atoms with van der Waals surface area (Å²) >= 11 is 0. The fourth-order valence-electron chi connectivity index (χ4n) is 0.215. The molecule has 56 valence electrons. The largest absolute Gasteiger partial charge is 0.370 e. The summed E-state index contributed by atoms with van der Waals surface area (Å²) in [5.74, 6) is 7.12. The lowest BCUT2D eigenvalue weighted by Crippen LogP contribution is -2.09. The highest BCUT2D eigenvalue weighted by Gasteiger charge is 1.95. The number of nitrogens with two attached hydrogens (primary N) is 2. The van der Waals surface area contributed by atoms with E-state index in [1.807, 2.05) is 0 Å². The van der Waals surface area contributed by atoms with E-state index in [0.29, 0.717) is 0 Å². The van der Waals surface area contributed by atoms with Crippen molar-refractivity contribution in [1.82, 2.24) is 0 Å². The SMILES string of the molecule is NOC(=O)/C=C\C(=O)ON. The second kappa shape index (κ2) is 4.48. The van der Waals surface area contributed by atoms with Crippen LogP contribution in [0.25, 0.3) is 0 Å². The van der Waals surface area contributed by atoms with Crippen LogP contribution in [0.4, 0.5) is 0 Å². The smallest absolute Gasteiger partial charge is 0.349 e. The fourth-order valence-corrected chi connectivity index (χ4v) is 0.215. The third-order valence-corrected chi connectivity index (χ3v) is 0.588. The van der Waals surface area contributed by atoms with Crippen LogP contribution in [0.5, 0.6) is 0 Å². The van der Waals surface area contributed by atoms with Crippen molar-refractivity contribution in [3.63, 3.8) is 0 Å². The van der Waals surface area contributed by atoms with Gasteiger partial charge in [-0.3, -0.25) is 0 Å². The van der Waals surface area contributed by atoms with E-state index in [0.717, 1.165) is 12.2 Å². The van der Waals surface area contributed by atoms with Crippen LogP contribution in [0.15, 0.2) is 12.2 Å². The maximum absolute atomic E-state index is 10.1. The molecule has 0 radical (unpaired) electrons. The summed E-state index contributed by atoms with van der Waals surface area (Å²) in [5, 5.41) is 0. The van der Waals surface area contributed by atoms with E-state index >= 15 is 0 Å². The average Bonchev–Trinajstić information content (AvgIpc) is 1.99. The van der Waals surface area contributed by atoms with Gasteiger partial charge in [-0.2, -0.15) is 11.8 Å². The zero-order valence-electron chi connectivity index (χ0n) is 4.94. The molecule has 0 aliphatic rings. The lowest BCUT2D eigenvalue weighted by molar-refractivity contribution is -0.141. The molecule has 0 bridgehead atoms. The van der Waals surface area contributed by atoms with Gasteiger partial charge in [0.05, 0.1) is 0 Å². The molecule has 6 heteroatoms. The van der Waals surface area contributed by atoms with E-state index in [1.165, 1.54) is 0 Å². The van der Waals surface area contributed by atoms with Gasteiger partial charge >= 0.3 is 11.9 Å². The maximum atomic E-state index is 10.1. The van der Waals surface area contributed by atoms with E-state index in [1.54, 1.807) is 0 Å². The number of hydrogen-bond donors (Lipinski definition) is 2. The summed E-state index contributed by atoms with van der Waals surface area (Å²) in [7, 11) is 0. The minimum atomic E-state index is -0.856. The molecular weight excluding hydrogens is 140 g/mol. The van der Waals surface area contributed by atoms with Crippen molar-refractivity contribution in [2.24, 2.45) is 11.8 Å². The molecule has 0 aromatic heterocycles. The highest BCUT2D eigenvalue weighted by molar-refractivity contribution is 5.91. The van der Waals surface area contributed by atoms with Crippen molar-refractivity contribution in [3.05, 3.63) is 12.2 Å². The summed E-state index contributed by atoms with van der Waals surface area (Å²) in [4.78, 5) is 27.6. The molecule has 0 aliphatic heterocycles. The first-order valence-electron chi connectivity index (χ1n) is 2.20. The van der Waals surface area contributed by atoms with Crippen molar-refractivity contribution in [1.29, 1.82) is 0 Å². The van der Waals surface area contributed by atoms with Crippen LogP contribution in [0.1, 0.15) is 0 Å². The molecule has 0 heterocycles. The summed E-state index contributed by atoms with van der Waals surface area (Å²) in [5.41, 5.74) is 0. The van der Waals surface area contributed by atoms with Crippen LogP contribution in [0, 0.1) is 0 Å². The number of carbonyl (C=O) groups is 2. The van der Waals surface area contributed by atoms with Crippen molar-refractivity contribution in [2.75, 3.05) is 0 Å². The number of hydrogen-bond acceptors (Lipinski definition) is 6. The van der Waals surface area contributed by atoms with Gasteiger partial charge < -0.3 is 9.68 Å². The standard InChI is InChI=1S/C4H6N2O4/c5-9-3(7)1-2-4(8)10-6/h1-2H,5-6H2/b2-1-. The molecule has 0 atom stereocenters. The molecule has 0 fully saturated rings. The van der Waals surface area contributed by atoms with Gasteiger partial charge in [0.25, 0.3) is 0 Å². The third kappa shape index (κ3) is 3.58. The van der Waals surface area contributed by atoms with Crippen LogP contribution in [-0.2, 0) is 19.3 Å². The molecule has 10 heavy (non-hydrogen) atoms.